The molecule has 0 fully saturated rings. The number of benzene rings is 2. The van der Waals surface area contributed by atoms with Crippen molar-refractivity contribution >= 4 is 20.9 Å². The van der Waals surface area contributed by atoms with Gasteiger partial charge in [0.2, 0.25) is 0 Å². The van der Waals surface area contributed by atoms with Gasteiger partial charge in [0.25, 0.3) is 0 Å². The maximum Gasteiger partial charge on any atom is 1.00 e. The fraction of sp³-hybridized carbons (Fsp3) is 0.294. The second-order valence-corrected chi connectivity index (χ2v) is 6.88. The van der Waals surface area contributed by atoms with Crippen LogP contribution in [0.15, 0.2) is 47.9 Å². The van der Waals surface area contributed by atoms with E-state index in [4.69, 9.17) is 0 Å². The summed E-state index contributed by atoms with van der Waals surface area (Å²) in [5.74, 6) is -0.0850. The SMILES string of the molecule is C=CC(C)c1c(C(C)C)cc2ccccc2c1S(=O)(=O)[O-].[Na+]. The molecule has 22 heavy (non-hydrogen) atoms. The largest absolute Gasteiger partial charge is 1.00 e. The van der Waals surface area contributed by atoms with E-state index < -0.39 is 10.1 Å². The Kier molecular flexibility index (Phi) is 6.42. The van der Waals surface area contributed by atoms with Crippen molar-refractivity contribution in [1.29, 1.82) is 0 Å². The molecule has 112 valence electrons. The molecule has 0 heterocycles. The maximum atomic E-state index is 11.9. The Morgan fingerprint density at radius 3 is 2.27 bits per heavy atom. The first-order chi connectivity index (χ1) is 9.77. The molecule has 0 amide bonds. The molecule has 2 aromatic carbocycles. The van der Waals surface area contributed by atoms with Gasteiger partial charge in [-0.2, -0.15) is 0 Å². The summed E-state index contributed by atoms with van der Waals surface area (Å²) < 4.78 is 35.6. The zero-order valence-electron chi connectivity index (χ0n) is 13.5. The van der Waals surface area contributed by atoms with Crippen molar-refractivity contribution in [3.05, 3.63) is 54.1 Å². The van der Waals surface area contributed by atoms with Crippen molar-refractivity contribution in [2.75, 3.05) is 0 Å². The molecule has 0 aliphatic heterocycles. The van der Waals surface area contributed by atoms with Gasteiger partial charge >= 0.3 is 29.6 Å². The van der Waals surface area contributed by atoms with Crippen LogP contribution in [-0.4, -0.2) is 13.0 Å². The van der Waals surface area contributed by atoms with E-state index in [1.54, 1.807) is 18.2 Å². The molecule has 0 saturated carbocycles. The van der Waals surface area contributed by atoms with Crippen LogP contribution in [0.3, 0.4) is 0 Å². The molecule has 1 atom stereocenters. The van der Waals surface area contributed by atoms with Crippen molar-refractivity contribution in [2.45, 2.75) is 37.5 Å². The second-order valence-electron chi connectivity index (χ2n) is 5.56. The average molecular weight is 326 g/mol. The monoisotopic (exact) mass is 326 g/mol. The summed E-state index contributed by atoms with van der Waals surface area (Å²) in [5, 5.41) is 1.26. The molecule has 0 bridgehead atoms. The molecule has 2 aromatic rings. The third-order valence-corrected chi connectivity index (χ3v) is 4.69. The van der Waals surface area contributed by atoms with Gasteiger partial charge < -0.3 is 4.55 Å². The van der Waals surface area contributed by atoms with Gasteiger partial charge in [-0.15, -0.1) is 6.58 Å². The molecule has 5 heteroatoms. The van der Waals surface area contributed by atoms with Crippen molar-refractivity contribution < 1.29 is 42.5 Å². The molecule has 0 spiro atoms. The second kappa shape index (κ2) is 7.28. The number of allylic oxidation sites excluding steroid dienone is 1. The Balaban J connectivity index is 0.00000242. The van der Waals surface area contributed by atoms with Crippen molar-refractivity contribution in [1.82, 2.24) is 0 Å². The Morgan fingerprint density at radius 1 is 1.18 bits per heavy atom. The average Bonchev–Trinajstić information content (AvgIpc) is 2.43. The van der Waals surface area contributed by atoms with Gasteiger partial charge in [-0.1, -0.05) is 57.2 Å². The first kappa shape index (κ1) is 19.4. The van der Waals surface area contributed by atoms with Gasteiger partial charge in [-0.3, -0.25) is 0 Å². The minimum Gasteiger partial charge on any atom is -0.744 e. The molecular formula is C17H19NaO3S. The summed E-state index contributed by atoms with van der Waals surface area (Å²) in [5.41, 5.74) is 1.46. The standard InChI is InChI=1S/C17H20O3S.Na/c1-5-12(4)16-15(11(2)3)10-13-8-6-7-9-14(13)17(16)21(18,19)20;/h5-12H,1H2,2-4H3,(H,18,19,20);/q;+1/p-1. The van der Waals surface area contributed by atoms with E-state index in [1.807, 2.05) is 39.0 Å². The molecule has 0 aromatic heterocycles. The number of hydrogen-bond donors (Lipinski definition) is 0. The third-order valence-electron chi connectivity index (χ3n) is 3.75. The molecule has 1 unspecified atom stereocenters. The summed E-state index contributed by atoms with van der Waals surface area (Å²) in [4.78, 5) is -0.100. The van der Waals surface area contributed by atoms with Crippen LogP contribution in [0.5, 0.6) is 0 Å². The first-order valence-corrected chi connectivity index (χ1v) is 8.32. The van der Waals surface area contributed by atoms with E-state index in [1.165, 1.54) is 0 Å². The van der Waals surface area contributed by atoms with Crippen LogP contribution >= 0.6 is 0 Å². The summed E-state index contributed by atoms with van der Waals surface area (Å²) in [7, 11) is -4.57. The van der Waals surface area contributed by atoms with Crippen LogP contribution in [0.2, 0.25) is 0 Å². The van der Waals surface area contributed by atoms with E-state index >= 15 is 0 Å². The minimum atomic E-state index is -4.57. The van der Waals surface area contributed by atoms with Gasteiger partial charge in [0.1, 0.15) is 10.1 Å². The maximum absolute atomic E-state index is 11.9. The summed E-state index contributed by atoms with van der Waals surface area (Å²) >= 11 is 0. The molecular weight excluding hydrogens is 307 g/mol. The summed E-state index contributed by atoms with van der Waals surface area (Å²) in [6, 6.07) is 9.07. The summed E-state index contributed by atoms with van der Waals surface area (Å²) in [6.07, 6.45) is 1.67. The van der Waals surface area contributed by atoms with Crippen LogP contribution in [0.4, 0.5) is 0 Å². The normalized spacial score (nSPS) is 13.0. The number of hydrogen-bond acceptors (Lipinski definition) is 3. The number of fused-ring (bicyclic) bond motifs is 1. The smallest absolute Gasteiger partial charge is 0.744 e. The summed E-state index contributed by atoms with van der Waals surface area (Å²) in [6.45, 7) is 9.58. The van der Waals surface area contributed by atoms with Crippen LogP contribution in [-0.2, 0) is 10.1 Å². The third kappa shape index (κ3) is 3.63. The van der Waals surface area contributed by atoms with Gasteiger partial charge in [0.05, 0.1) is 4.90 Å². The predicted molar refractivity (Wildman–Crippen MR) is 84.6 cm³/mol. The van der Waals surface area contributed by atoms with E-state index in [0.717, 1.165) is 10.9 Å². The van der Waals surface area contributed by atoms with Crippen LogP contribution in [0, 0.1) is 0 Å². The Morgan fingerprint density at radius 2 is 1.77 bits per heavy atom. The van der Waals surface area contributed by atoms with E-state index in [2.05, 4.69) is 6.58 Å². The molecule has 0 N–H and O–H groups in total. The van der Waals surface area contributed by atoms with Gasteiger partial charge in [0, 0.05) is 5.92 Å². The Bertz CT molecular complexity index is 795. The fourth-order valence-electron chi connectivity index (χ4n) is 2.69. The van der Waals surface area contributed by atoms with Gasteiger partial charge in [-0.05, 0) is 27.8 Å². The Labute approximate surface area is 154 Å². The van der Waals surface area contributed by atoms with E-state index in [9.17, 15) is 13.0 Å². The molecule has 3 nitrogen and oxygen atoms in total. The first-order valence-electron chi connectivity index (χ1n) is 6.91. The predicted octanol–water partition coefficient (Wildman–Crippen LogP) is 1.16. The van der Waals surface area contributed by atoms with Crippen LogP contribution in [0.25, 0.3) is 10.8 Å². The molecule has 0 saturated heterocycles. The van der Waals surface area contributed by atoms with Crippen LogP contribution in [0.1, 0.15) is 43.7 Å². The zero-order valence-corrected chi connectivity index (χ0v) is 16.3. The molecule has 0 aliphatic carbocycles. The van der Waals surface area contributed by atoms with Gasteiger partial charge in [-0.25, -0.2) is 8.42 Å². The topological polar surface area (TPSA) is 57.2 Å². The molecule has 0 aliphatic rings. The van der Waals surface area contributed by atoms with E-state index in [0.29, 0.717) is 10.9 Å². The van der Waals surface area contributed by atoms with Crippen molar-refractivity contribution in [2.24, 2.45) is 0 Å². The van der Waals surface area contributed by atoms with Gasteiger partial charge in [0.15, 0.2) is 0 Å². The Hall–Kier alpha value is -0.650. The van der Waals surface area contributed by atoms with E-state index in [-0.39, 0.29) is 46.3 Å². The molecule has 0 radical (unpaired) electrons. The fourth-order valence-corrected chi connectivity index (χ4v) is 3.71. The molecule has 2 rings (SSSR count). The van der Waals surface area contributed by atoms with Crippen molar-refractivity contribution in [3.63, 3.8) is 0 Å². The van der Waals surface area contributed by atoms with Crippen molar-refractivity contribution in [3.8, 4) is 0 Å². The minimum absolute atomic E-state index is 0. The number of rotatable bonds is 4. The van der Waals surface area contributed by atoms with Crippen LogP contribution < -0.4 is 29.6 Å². The quantitative estimate of drug-likeness (QED) is 0.481. The zero-order chi connectivity index (χ0) is 15.8.